The molecule has 4 N–H and O–H groups in total. The van der Waals surface area contributed by atoms with E-state index in [0.29, 0.717) is 31.5 Å². The maximum absolute atomic E-state index is 12.6. The number of carboxylic acids is 1. The van der Waals surface area contributed by atoms with E-state index in [-0.39, 0.29) is 19.4 Å². The zero-order valence-electron chi connectivity index (χ0n) is 35.1. The average Bonchev–Trinajstić information content (AvgIpc) is 3.94. The van der Waals surface area contributed by atoms with Crippen molar-refractivity contribution >= 4 is 25.7 Å². The van der Waals surface area contributed by atoms with E-state index in [1.54, 1.807) is 0 Å². The Balaban J connectivity index is 2.33. The second kappa shape index (κ2) is 35.4. The summed E-state index contributed by atoms with van der Waals surface area (Å²) in [6.45, 7) is 2.68. The molecule has 1 aliphatic heterocycles. The van der Waals surface area contributed by atoms with E-state index in [1.807, 2.05) is 12.2 Å². The Hall–Kier alpha value is -2.60. The van der Waals surface area contributed by atoms with Gasteiger partial charge in [-0.05, 0) is 77.0 Å². The Kier molecular flexibility index (Phi) is 32.5. The minimum atomic E-state index is -4.74. The smallest absolute Gasteiger partial charge is 0.472 e. The lowest BCUT2D eigenvalue weighted by Gasteiger charge is -2.20. The number of carbonyl (C=O) groups is 3. The first kappa shape index (κ1) is 52.4. The van der Waals surface area contributed by atoms with Crippen molar-refractivity contribution in [1.29, 1.82) is 0 Å². The zero-order valence-corrected chi connectivity index (χ0v) is 36.0. The maximum Gasteiger partial charge on any atom is 0.472 e. The standard InChI is InChI=1S/C44H76NO11P/c1-3-5-7-9-11-12-13-14-15-16-17-18-21-25-29-33-42(46)52-35-38(36-53-57(50,51)54-37-39(45)44(48)49)55-43(47)34-30-26-22-19-20-24-28-32-41-40(56-41)31-27-23-10-8-6-4-2/h12-13,19,22-24,27-28,38-41H,3-11,14-18,20-21,25-26,29-37,45H2,1-2H3,(H,48,49)(H,50,51)/b13-12-,22-19-,27-23-,28-24-/t38-,39+,40?,41?/m1/s1. The van der Waals surface area contributed by atoms with Crippen molar-refractivity contribution < 1.29 is 52.2 Å². The van der Waals surface area contributed by atoms with Gasteiger partial charge >= 0.3 is 25.7 Å². The van der Waals surface area contributed by atoms with Gasteiger partial charge in [0.25, 0.3) is 0 Å². The van der Waals surface area contributed by atoms with Crippen LogP contribution in [0.3, 0.4) is 0 Å². The van der Waals surface area contributed by atoms with Gasteiger partial charge in [-0.25, -0.2) is 4.57 Å². The number of epoxide rings is 1. The molecule has 1 heterocycles. The molecule has 1 rings (SSSR count). The number of ether oxygens (including phenoxy) is 3. The molecule has 0 spiro atoms. The molecule has 3 unspecified atom stereocenters. The molecule has 0 aromatic heterocycles. The molecule has 0 aliphatic carbocycles. The first-order valence-corrected chi connectivity index (χ1v) is 23.3. The van der Waals surface area contributed by atoms with Crippen molar-refractivity contribution in [2.45, 2.75) is 192 Å². The third kappa shape index (κ3) is 33.0. The van der Waals surface area contributed by atoms with Crippen molar-refractivity contribution in [3.63, 3.8) is 0 Å². The molecular weight excluding hydrogens is 749 g/mol. The number of unbranched alkanes of at least 4 members (excludes halogenated alkanes) is 15. The van der Waals surface area contributed by atoms with Crippen LogP contribution in [0.5, 0.6) is 0 Å². The highest BCUT2D eigenvalue weighted by Crippen LogP contribution is 2.43. The largest absolute Gasteiger partial charge is 0.480 e. The Bertz CT molecular complexity index is 1220. The van der Waals surface area contributed by atoms with Gasteiger partial charge in [0.05, 0.1) is 25.4 Å². The quantitative estimate of drug-likeness (QED) is 0.0175. The Labute approximate surface area is 343 Å². The van der Waals surface area contributed by atoms with Crippen molar-refractivity contribution in [2.24, 2.45) is 5.73 Å². The number of carboxylic acid groups (broad SMARTS) is 1. The first-order valence-electron chi connectivity index (χ1n) is 21.8. The average molecular weight is 826 g/mol. The van der Waals surface area contributed by atoms with E-state index in [0.717, 1.165) is 51.4 Å². The summed E-state index contributed by atoms with van der Waals surface area (Å²) >= 11 is 0. The highest BCUT2D eigenvalue weighted by Gasteiger charge is 2.36. The summed E-state index contributed by atoms with van der Waals surface area (Å²) in [5, 5.41) is 8.89. The number of esters is 2. The van der Waals surface area contributed by atoms with Crippen LogP contribution in [0.25, 0.3) is 0 Å². The van der Waals surface area contributed by atoms with E-state index in [2.05, 4.69) is 54.8 Å². The summed E-state index contributed by atoms with van der Waals surface area (Å²) < 4.78 is 38.4. The van der Waals surface area contributed by atoms with Gasteiger partial charge in [-0.1, -0.05) is 127 Å². The van der Waals surface area contributed by atoms with Crippen LogP contribution in [0.4, 0.5) is 0 Å². The number of aliphatic carboxylic acids is 1. The molecule has 1 aliphatic rings. The second-order valence-corrected chi connectivity index (χ2v) is 16.3. The van der Waals surface area contributed by atoms with E-state index in [9.17, 15) is 23.8 Å². The van der Waals surface area contributed by atoms with Gasteiger partial charge in [-0.15, -0.1) is 0 Å². The Morgan fingerprint density at radius 2 is 1.11 bits per heavy atom. The van der Waals surface area contributed by atoms with Gasteiger partial charge in [0.15, 0.2) is 6.10 Å². The fraction of sp³-hybridized carbons (Fsp3) is 0.750. The third-order valence-corrected chi connectivity index (χ3v) is 10.4. The van der Waals surface area contributed by atoms with Crippen LogP contribution in [0.1, 0.15) is 168 Å². The number of hydrogen-bond acceptors (Lipinski definition) is 10. The molecule has 57 heavy (non-hydrogen) atoms. The minimum Gasteiger partial charge on any atom is -0.480 e. The summed E-state index contributed by atoms with van der Waals surface area (Å²) in [6.07, 6.45) is 40.6. The summed E-state index contributed by atoms with van der Waals surface area (Å²) in [4.78, 5) is 46.0. The summed E-state index contributed by atoms with van der Waals surface area (Å²) in [5.74, 6) is -2.47. The van der Waals surface area contributed by atoms with Crippen molar-refractivity contribution in [1.82, 2.24) is 0 Å². The number of phosphoric acid groups is 1. The lowest BCUT2D eigenvalue weighted by Crippen LogP contribution is -2.34. The number of rotatable bonds is 39. The molecule has 5 atom stereocenters. The normalized spacial score (nSPS) is 17.8. The molecule has 0 saturated carbocycles. The Morgan fingerprint density at radius 1 is 0.632 bits per heavy atom. The van der Waals surface area contributed by atoms with Gasteiger partial charge < -0.3 is 29.9 Å². The van der Waals surface area contributed by atoms with Gasteiger partial charge in [-0.3, -0.25) is 23.4 Å². The molecule has 0 aromatic carbocycles. The van der Waals surface area contributed by atoms with Crippen LogP contribution in [-0.4, -0.2) is 72.1 Å². The van der Waals surface area contributed by atoms with Crippen LogP contribution < -0.4 is 5.73 Å². The fourth-order valence-electron chi connectivity index (χ4n) is 5.86. The van der Waals surface area contributed by atoms with Crippen LogP contribution in [-0.2, 0) is 42.2 Å². The highest BCUT2D eigenvalue weighted by atomic mass is 31.2. The van der Waals surface area contributed by atoms with E-state index < -0.39 is 51.1 Å². The van der Waals surface area contributed by atoms with Crippen molar-refractivity contribution in [3.05, 3.63) is 48.6 Å². The van der Waals surface area contributed by atoms with Gasteiger partial charge in [0.1, 0.15) is 12.6 Å². The maximum atomic E-state index is 12.6. The number of hydrogen-bond donors (Lipinski definition) is 3. The van der Waals surface area contributed by atoms with Crippen LogP contribution in [0.2, 0.25) is 0 Å². The zero-order chi connectivity index (χ0) is 41.8. The summed E-state index contributed by atoms with van der Waals surface area (Å²) in [6, 6.07) is -1.53. The number of nitrogens with two attached hydrogens (primary N) is 1. The number of phosphoric ester groups is 1. The third-order valence-electron chi connectivity index (χ3n) is 9.45. The lowest BCUT2D eigenvalue weighted by molar-refractivity contribution is -0.161. The van der Waals surface area contributed by atoms with E-state index in [4.69, 9.17) is 29.6 Å². The van der Waals surface area contributed by atoms with Crippen LogP contribution >= 0.6 is 7.82 Å². The molecule has 1 saturated heterocycles. The Morgan fingerprint density at radius 3 is 1.75 bits per heavy atom. The molecule has 0 radical (unpaired) electrons. The molecule has 0 amide bonds. The molecule has 0 aromatic rings. The number of allylic oxidation sites excluding steroid dienone is 6. The lowest BCUT2D eigenvalue weighted by atomic mass is 10.1. The van der Waals surface area contributed by atoms with Crippen LogP contribution in [0, 0.1) is 0 Å². The SMILES string of the molecule is CCCCC/C=C\CC1OC1C/C=C\C/C=C\CCCC(=O)O[C@H](COC(=O)CCCCCCCCC/C=C\CCCCCC)COP(=O)(O)OC[C@H](N)C(=O)O. The van der Waals surface area contributed by atoms with Gasteiger partial charge in [0.2, 0.25) is 0 Å². The molecular formula is C44H76NO11P. The van der Waals surface area contributed by atoms with Crippen molar-refractivity contribution in [3.8, 4) is 0 Å². The van der Waals surface area contributed by atoms with Crippen molar-refractivity contribution in [2.75, 3.05) is 19.8 Å². The highest BCUT2D eigenvalue weighted by molar-refractivity contribution is 7.47. The van der Waals surface area contributed by atoms with E-state index >= 15 is 0 Å². The topological polar surface area (TPSA) is 184 Å². The second-order valence-electron chi connectivity index (χ2n) is 14.9. The summed E-state index contributed by atoms with van der Waals surface area (Å²) in [5.41, 5.74) is 5.33. The molecule has 1 fully saturated rings. The molecule has 12 nitrogen and oxygen atoms in total. The first-order chi connectivity index (χ1) is 27.6. The fourth-order valence-corrected chi connectivity index (χ4v) is 6.64. The number of carbonyl (C=O) groups excluding carboxylic acids is 2. The molecule has 328 valence electrons. The van der Waals surface area contributed by atoms with Gasteiger partial charge in [-0.2, -0.15) is 0 Å². The monoisotopic (exact) mass is 826 g/mol. The van der Waals surface area contributed by atoms with E-state index in [1.165, 1.54) is 70.6 Å². The van der Waals surface area contributed by atoms with Gasteiger partial charge in [0, 0.05) is 12.8 Å². The predicted octanol–water partition coefficient (Wildman–Crippen LogP) is 10.4. The molecule has 13 heteroatoms. The summed E-state index contributed by atoms with van der Waals surface area (Å²) in [7, 11) is -4.74. The minimum absolute atomic E-state index is 0.0780. The molecule has 0 bridgehead atoms. The van der Waals surface area contributed by atoms with Crippen LogP contribution in [0.15, 0.2) is 48.6 Å². The predicted molar refractivity (Wildman–Crippen MR) is 226 cm³/mol.